The van der Waals surface area contributed by atoms with Gasteiger partial charge >= 0.3 is 6.01 Å². The Morgan fingerprint density at radius 2 is 1.96 bits per heavy atom. The Morgan fingerprint density at radius 1 is 1.11 bits per heavy atom. The van der Waals surface area contributed by atoms with Gasteiger partial charge in [0.2, 0.25) is 0 Å². The minimum absolute atomic E-state index is 0.0179. The van der Waals surface area contributed by atoms with E-state index in [0.29, 0.717) is 79.7 Å². The summed E-state index contributed by atoms with van der Waals surface area (Å²) in [4.78, 5) is 17.9. The van der Waals surface area contributed by atoms with E-state index in [2.05, 4.69) is 14.9 Å². The lowest BCUT2D eigenvalue weighted by atomic mass is 9.94. The molecule has 0 radical (unpaired) electrons. The molecular weight excluding hydrogens is 587 g/mol. The molecule has 2 aromatic carbocycles. The highest BCUT2D eigenvalue weighted by molar-refractivity contribution is 6.01. The van der Waals surface area contributed by atoms with Crippen LogP contribution in [0.5, 0.6) is 11.8 Å². The van der Waals surface area contributed by atoms with Gasteiger partial charge in [-0.15, -0.1) is 0 Å². The van der Waals surface area contributed by atoms with Crippen LogP contribution in [0.1, 0.15) is 38.2 Å². The third kappa shape index (κ3) is 4.68. The molecule has 0 amide bonds. The van der Waals surface area contributed by atoms with Crippen molar-refractivity contribution in [1.82, 2.24) is 19.9 Å². The lowest BCUT2D eigenvalue weighted by Crippen LogP contribution is -2.43. The van der Waals surface area contributed by atoms with Crippen molar-refractivity contribution in [3.63, 3.8) is 0 Å². The van der Waals surface area contributed by atoms with Crippen LogP contribution in [-0.4, -0.2) is 88.5 Å². The maximum Gasteiger partial charge on any atom is 0.319 e. The number of alkyl halides is 1. The number of hydrogen-bond acceptors (Lipinski definition) is 9. The Labute approximate surface area is 257 Å². The van der Waals surface area contributed by atoms with Gasteiger partial charge in [-0.3, -0.25) is 9.88 Å². The van der Waals surface area contributed by atoms with E-state index in [1.54, 1.807) is 6.07 Å². The number of aryl methyl sites for hydroxylation is 1. The maximum absolute atomic E-state index is 16.8. The molecule has 2 aromatic heterocycles. The van der Waals surface area contributed by atoms with Crippen molar-refractivity contribution in [3.8, 4) is 23.0 Å². The van der Waals surface area contributed by atoms with Crippen LogP contribution in [0.4, 0.5) is 19.0 Å². The zero-order valence-corrected chi connectivity index (χ0v) is 25.0. The Balaban J connectivity index is 1.26. The highest BCUT2D eigenvalue weighted by atomic mass is 19.1. The summed E-state index contributed by atoms with van der Waals surface area (Å²) in [6.45, 7) is 5.13. The number of rotatable bonds is 6. The van der Waals surface area contributed by atoms with Crippen LogP contribution < -0.4 is 9.64 Å². The molecule has 0 aliphatic carbocycles. The molecular formula is C33H34F3N5O4. The van der Waals surface area contributed by atoms with Crippen LogP contribution in [0.25, 0.3) is 32.9 Å². The topological polar surface area (TPSA) is 93.1 Å². The molecule has 4 aromatic rings. The molecule has 4 aliphatic heterocycles. The Kier molecular flexibility index (Phi) is 6.81. The van der Waals surface area contributed by atoms with Crippen LogP contribution in [0.15, 0.2) is 30.5 Å². The second-order valence-corrected chi connectivity index (χ2v) is 12.6. The van der Waals surface area contributed by atoms with Crippen LogP contribution in [0.2, 0.25) is 0 Å². The smallest absolute Gasteiger partial charge is 0.319 e. The predicted molar refractivity (Wildman–Crippen MR) is 161 cm³/mol. The van der Waals surface area contributed by atoms with E-state index >= 15 is 4.39 Å². The minimum atomic E-state index is -0.921. The second-order valence-electron chi connectivity index (χ2n) is 12.6. The number of hydrogen-bond donors (Lipinski definition) is 1. The Morgan fingerprint density at radius 3 is 2.78 bits per heavy atom. The highest BCUT2D eigenvalue weighted by Gasteiger charge is 2.49. The van der Waals surface area contributed by atoms with Gasteiger partial charge in [0.25, 0.3) is 0 Å². The van der Waals surface area contributed by atoms with Crippen molar-refractivity contribution >= 4 is 27.5 Å². The number of benzene rings is 2. The zero-order chi connectivity index (χ0) is 30.9. The van der Waals surface area contributed by atoms with Crippen molar-refractivity contribution in [2.75, 3.05) is 50.9 Å². The van der Waals surface area contributed by atoms with Gasteiger partial charge in [0, 0.05) is 37.7 Å². The fourth-order valence-electron chi connectivity index (χ4n) is 7.86. The first-order chi connectivity index (χ1) is 21.8. The van der Waals surface area contributed by atoms with Crippen LogP contribution in [-0.2, 0) is 15.9 Å². The zero-order valence-electron chi connectivity index (χ0n) is 25.0. The number of fused-ring (bicyclic) bond motifs is 3. The normalized spacial score (nSPS) is 24.4. The lowest BCUT2D eigenvalue weighted by Gasteiger charge is -2.31. The van der Waals surface area contributed by atoms with Gasteiger partial charge < -0.3 is 24.2 Å². The molecule has 1 spiro atoms. The highest BCUT2D eigenvalue weighted by Crippen LogP contribution is 2.43. The number of nitrogens with zero attached hydrogens (tertiary/aromatic N) is 5. The van der Waals surface area contributed by atoms with E-state index in [9.17, 15) is 13.9 Å². The van der Waals surface area contributed by atoms with Crippen molar-refractivity contribution in [1.29, 1.82) is 0 Å². The standard InChI is InChI=1S/C33H34F3N5O4/c1-2-22-25(35)5-4-19-12-21(42)13-23(26(19)22)28-27(36)29-24(15-37-28)30(40-9-7-33(17-40)44-10-11-45-33)39-31(38-29)43-18-32-6-3-8-41(32)16-20(34)14-32/h4-5,12-13,15,20,42H,2-3,6-11,14,16-18H2,1H3/t20-,32+/m1/s1. The van der Waals surface area contributed by atoms with Crippen LogP contribution in [0, 0.1) is 11.6 Å². The molecule has 45 heavy (non-hydrogen) atoms. The summed E-state index contributed by atoms with van der Waals surface area (Å²) in [6, 6.07) is 5.81. The van der Waals surface area contributed by atoms with Crippen LogP contribution in [0.3, 0.4) is 0 Å². The Hall–Kier alpha value is -3.74. The SMILES string of the molecule is CCc1c(F)ccc2cc(O)cc(-c3ncc4c(N5CCC6(C5)OCCO6)nc(OC[C@@]56CCCN5C[C@H](F)C6)nc4c3F)c12. The summed E-state index contributed by atoms with van der Waals surface area (Å²) in [5.74, 6) is -1.58. The average molecular weight is 622 g/mol. The molecule has 6 heterocycles. The molecule has 4 fully saturated rings. The van der Waals surface area contributed by atoms with Crippen molar-refractivity contribution in [2.24, 2.45) is 0 Å². The molecule has 4 aliphatic rings. The molecule has 236 valence electrons. The van der Waals surface area contributed by atoms with Gasteiger partial charge in [-0.1, -0.05) is 13.0 Å². The quantitative estimate of drug-likeness (QED) is 0.308. The van der Waals surface area contributed by atoms with E-state index in [4.69, 9.17) is 19.2 Å². The van der Waals surface area contributed by atoms with Crippen molar-refractivity contribution in [2.45, 2.75) is 56.5 Å². The summed E-state index contributed by atoms with van der Waals surface area (Å²) in [7, 11) is 0. The predicted octanol–water partition coefficient (Wildman–Crippen LogP) is 5.30. The van der Waals surface area contributed by atoms with E-state index in [1.165, 1.54) is 24.4 Å². The number of anilines is 1. The summed E-state index contributed by atoms with van der Waals surface area (Å²) < 4.78 is 64.3. The number of aromatic nitrogens is 3. The number of phenols is 1. The Bertz CT molecular complexity index is 1820. The van der Waals surface area contributed by atoms with Gasteiger partial charge in [-0.05, 0) is 60.3 Å². The van der Waals surface area contributed by atoms with Gasteiger partial charge in [0.05, 0.1) is 30.7 Å². The van der Waals surface area contributed by atoms with E-state index in [1.807, 2.05) is 11.8 Å². The fraction of sp³-hybridized carbons (Fsp3) is 0.485. The van der Waals surface area contributed by atoms with Crippen LogP contribution >= 0.6 is 0 Å². The molecule has 0 unspecified atom stereocenters. The summed E-state index contributed by atoms with van der Waals surface area (Å²) in [6.07, 6.45) is 3.70. The first-order valence-corrected chi connectivity index (χ1v) is 15.6. The van der Waals surface area contributed by atoms with Gasteiger partial charge in [0.1, 0.15) is 41.4 Å². The fourth-order valence-corrected chi connectivity index (χ4v) is 7.86. The van der Waals surface area contributed by atoms with E-state index in [0.717, 1.165) is 19.4 Å². The summed E-state index contributed by atoms with van der Waals surface area (Å²) in [5, 5.41) is 12.0. The number of phenolic OH excluding ortho intramolecular Hbond substituents is 1. The third-order valence-electron chi connectivity index (χ3n) is 9.94. The van der Waals surface area contributed by atoms with Crippen molar-refractivity contribution in [3.05, 3.63) is 47.7 Å². The number of ether oxygens (including phenoxy) is 3. The number of pyridine rings is 1. The lowest BCUT2D eigenvalue weighted by molar-refractivity contribution is -0.137. The molecule has 9 nitrogen and oxygen atoms in total. The van der Waals surface area contributed by atoms with Crippen molar-refractivity contribution < 1.29 is 32.5 Å². The first kappa shape index (κ1) is 28.7. The molecule has 4 saturated heterocycles. The van der Waals surface area contributed by atoms with Gasteiger partial charge in [-0.25, -0.2) is 13.2 Å². The molecule has 12 heteroatoms. The molecule has 1 N–H and O–H groups in total. The second kappa shape index (κ2) is 10.7. The third-order valence-corrected chi connectivity index (χ3v) is 9.94. The number of aromatic hydroxyl groups is 1. The first-order valence-electron chi connectivity index (χ1n) is 15.6. The van der Waals surface area contributed by atoms with E-state index < -0.39 is 29.1 Å². The maximum atomic E-state index is 16.8. The summed E-state index contributed by atoms with van der Waals surface area (Å²) >= 11 is 0. The largest absolute Gasteiger partial charge is 0.508 e. The average Bonchev–Trinajstić information content (AvgIpc) is 3.81. The van der Waals surface area contributed by atoms with Gasteiger partial charge in [0.15, 0.2) is 11.6 Å². The van der Waals surface area contributed by atoms with E-state index in [-0.39, 0.29) is 35.1 Å². The number of halogens is 3. The minimum Gasteiger partial charge on any atom is -0.508 e. The molecule has 0 saturated carbocycles. The summed E-state index contributed by atoms with van der Waals surface area (Å²) in [5.41, 5.74) is 0.131. The molecule has 0 bridgehead atoms. The van der Waals surface area contributed by atoms with Gasteiger partial charge in [-0.2, -0.15) is 9.97 Å². The molecule has 2 atom stereocenters. The molecule has 8 rings (SSSR count). The monoisotopic (exact) mass is 621 g/mol.